The van der Waals surface area contributed by atoms with Crippen LogP contribution in [0.4, 0.5) is 24.0 Å². The van der Waals surface area contributed by atoms with Crippen LogP contribution in [-0.4, -0.2) is 51.0 Å². The van der Waals surface area contributed by atoms with Gasteiger partial charge in [0.15, 0.2) is 5.11 Å². The van der Waals surface area contributed by atoms with E-state index in [1.165, 1.54) is 29.1 Å². The standard InChI is InChI=1S/C23H26ClF3N6O3S2/c1-33-16(8-17(32-33)36-23(24,26)27)30-22(37)29-11-4-5-15-13(6-11)18(20(35)28-9-10-2-3-10)21(38-15)31-19(34)12-7-14(12)25/h8,10-12,14H,2-7,9H2,1H3,(H,28,35)(H,31,34)(H2,29,30,37)/t11-,12-,14+/m0/s1. The normalized spacial score (nSPS) is 22.3. The molecular weight excluding hydrogens is 565 g/mol. The molecule has 2 heterocycles. The molecule has 5 rings (SSSR count). The van der Waals surface area contributed by atoms with Crippen LogP contribution in [0.3, 0.4) is 0 Å². The maximum atomic E-state index is 13.4. The Kier molecular flexibility index (Phi) is 7.48. The van der Waals surface area contributed by atoms with E-state index in [0.717, 1.165) is 23.3 Å². The van der Waals surface area contributed by atoms with Crippen molar-refractivity contribution in [1.29, 1.82) is 0 Å². The third kappa shape index (κ3) is 6.52. The van der Waals surface area contributed by atoms with Gasteiger partial charge in [-0.1, -0.05) is 0 Å². The molecule has 0 aliphatic heterocycles. The summed E-state index contributed by atoms with van der Waals surface area (Å²) in [5.74, 6) is -0.905. The second-order valence-corrected chi connectivity index (χ2v) is 11.7. The van der Waals surface area contributed by atoms with Crippen molar-refractivity contribution in [2.45, 2.75) is 56.3 Å². The number of aromatic nitrogens is 2. The first kappa shape index (κ1) is 27.0. The summed E-state index contributed by atoms with van der Waals surface area (Å²) >= 11 is 11.6. The van der Waals surface area contributed by atoms with Gasteiger partial charge in [0.2, 0.25) is 11.8 Å². The molecule has 2 saturated carbocycles. The average Bonchev–Trinajstić information content (AvgIpc) is 3.72. The van der Waals surface area contributed by atoms with Crippen molar-refractivity contribution >= 4 is 62.9 Å². The summed E-state index contributed by atoms with van der Waals surface area (Å²) in [5, 5.41) is 16.4. The van der Waals surface area contributed by atoms with Crippen LogP contribution in [0.15, 0.2) is 6.07 Å². The number of carbonyl (C=O) groups excluding carboxylic acids is 2. The molecule has 3 aliphatic rings. The maximum absolute atomic E-state index is 13.4. The zero-order valence-electron chi connectivity index (χ0n) is 20.3. The van der Waals surface area contributed by atoms with Crippen molar-refractivity contribution in [3.05, 3.63) is 22.1 Å². The van der Waals surface area contributed by atoms with Crippen molar-refractivity contribution in [2.75, 3.05) is 17.2 Å². The predicted molar refractivity (Wildman–Crippen MR) is 141 cm³/mol. The van der Waals surface area contributed by atoms with E-state index in [4.69, 9.17) is 23.8 Å². The lowest BCUT2D eigenvalue weighted by atomic mass is 9.91. The number of hydrogen-bond donors (Lipinski definition) is 4. The summed E-state index contributed by atoms with van der Waals surface area (Å²) in [6, 6.07) is 1.10. The Hall–Kier alpha value is -2.58. The van der Waals surface area contributed by atoms with Crippen LogP contribution in [-0.2, 0) is 24.7 Å². The lowest BCUT2D eigenvalue weighted by molar-refractivity contribution is -0.117. The number of alkyl halides is 4. The van der Waals surface area contributed by atoms with E-state index in [0.29, 0.717) is 48.1 Å². The number of anilines is 2. The van der Waals surface area contributed by atoms with Gasteiger partial charge >= 0.3 is 5.57 Å². The molecule has 0 spiro atoms. The minimum Gasteiger partial charge on any atom is -0.400 e. The van der Waals surface area contributed by atoms with Gasteiger partial charge in [-0.15, -0.1) is 25.2 Å². The predicted octanol–water partition coefficient (Wildman–Crippen LogP) is 3.93. The third-order valence-corrected chi connectivity index (χ3v) is 8.18. The molecule has 0 radical (unpaired) electrons. The maximum Gasteiger partial charge on any atom is 0.488 e. The monoisotopic (exact) mass is 590 g/mol. The van der Waals surface area contributed by atoms with Crippen LogP contribution in [0, 0.1) is 11.8 Å². The van der Waals surface area contributed by atoms with E-state index < -0.39 is 23.6 Å². The Morgan fingerprint density at radius 2 is 2.05 bits per heavy atom. The lowest BCUT2D eigenvalue weighted by Gasteiger charge is -2.25. The Labute approximate surface area is 230 Å². The fourth-order valence-electron chi connectivity index (χ4n) is 4.39. The molecule has 9 nitrogen and oxygen atoms in total. The molecular formula is C23H26ClF3N6O3S2. The topological polar surface area (TPSA) is 109 Å². The lowest BCUT2D eigenvalue weighted by Crippen LogP contribution is -2.41. The van der Waals surface area contributed by atoms with Crippen molar-refractivity contribution in [3.63, 3.8) is 0 Å². The quantitative estimate of drug-likeness (QED) is 0.259. The van der Waals surface area contributed by atoms with Gasteiger partial charge in [-0.2, -0.15) is 0 Å². The molecule has 0 aromatic carbocycles. The molecule has 2 aromatic rings. The third-order valence-electron chi connectivity index (χ3n) is 6.68. The summed E-state index contributed by atoms with van der Waals surface area (Å²) < 4.78 is 44.8. The Bertz CT molecular complexity index is 1260. The van der Waals surface area contributed by atoms with E-state index >= 15 is 0 Å². The van der Waals surface area contributed by atoms with Gasteiger partial charge in [0.25, 0.3) is 5.91 Å². The van der Waals surface area contributed by atoms with Crippen LogP contribution >= 0.6 is 35.2 Å². The fourth-order valence-corrected chi connectivity index (χ4v) is 5.98. The fraction of sp³-hybridized carbons (Fsp3) is 0.565. The SMILES string of the molecule is Cn1nc(OC(F)(F)Cl)cc1NC(=S)N[C@H]1CCc2sc(NC(=O)[C@H]3C[C@H]3F)c(C(=O)NCC3CC3)c2C1. The highest BCUT2D eigenvalue weighted by atomic mass is 35.5. The van der Waals surface area contributed by atoms with Crippen molar-refractivity contribution in [1.82, 2.24) is 20.4 Å². The number of halogens is 4. The van der Waals surface area contributed by atoms with E-state index in [-0.39, 0.29) is 29.4 Å². The van der Waals surface area contributed by atoms with Gasteiger partial charge < -0.3 is 26.0 Å². The first-order chi connectivity index (χ1) is 18.0. The second-order valence-electron chi connectivity index (χ2n) is 9.79. The minimum atomic E-state index is -3.89. The molecule has 38 heavy (non-hydrogen) atoms. The van der Waals surface area contributed by atoms with E-state index in [2.05, 4.69) is 31.1 Å². The number of hydrogen-bond acceptors (Lipinski definition) is 6. The average molecular weight is 591 g/mol. The highest BCUT2D eigenvalue weighted by Crippen LogP contribution is 2.41. The number of ether oxygens (including phenoxy) is 1. The van der Waals surface area contributed by atoms with E-state index in [1.54, 1.807) is 0 Å². The number of fused-ring (bicyclic) bond motifs is 1. The smallest absolute Gasteiger partial charge is 0.400 e. The zero-order valence-corrected chi connectivity index (χ0v) is 22.7. The molecule has 2 amide bonds. The Balaban J connectivity index is 1.27. The summed E-state index contributed by atoms with van der Waals surface area (Å²) in [6.45, 7) is 0.577. The molecule has 0 bridgehead atoms. The van der Waals surface area contributed by atoms with Crippen molar-refractivity contribution in [3.8, 4) is 5.88 Å². The minimum absolute atomic E-state index is 0.134. The van der Waals surface area contributed by atoms with Crippen LogP contribution in [0.2, 0.25) is 0 Å². The number of carbonyl (C=O) groups is 2. The molecule has 0 unspecified atom stereocenters. The van der Waals surface area contributed by atoms with E-state index in [1.807, 2.05) is 0 Å². The number of nitrogens with zero attached hydrogens (tertiary/aromatic N) is 2. The number of thiophene rings is 1. The molecule has 15 heteroatoms. The summed E-state index contributed by atoms with van der Waals surface area (Å²) in [7, 11) is 1.53. The van der Waals surface area contributed by atoms with Crippen molar-refractivity contribution < 1.29 is 27.5 Å². The van der Waals surface area contributed by atoms with Gasteiger partial charge in [-0.3, -0.25) is 9.59 Å². The van der Waals surface area contributed by atoms with Gasteiger partial charge in [0.1, 0.15) is 17.0 Å². The van der Waals surface area contributed by atoms with Crippen molar-refractivity contribution in [2.24, 2.45) is 18.9 Å². The molecule has 3 atom stereocenters. The molecule has 2 aromatic heterocycles. The zero-order chi connectivity index (χ0) is 27.2. The summed E-state index contributed by atoms with van der Waals surface area (Å²) in [6.07, 6.45) is 3.08. The van der Waals surface area contributed by atoms with Crippen LogP contribution < -0.4 is 26.0 Å². The Morgan fingerprint density at radius 3 is 2.71 bits per heavy atom. The Morgan fingerprint density at radius 1 is 1.32 bits per heavy atom. The molecule has 206 valence electrons. The summed E-state index contributed by atoms with van der Waals surface area (Å²) in [5.41, 5.74) is -2.63. The number of aryl methyl sites for hydroxylation is 2. The van der Waals surface area contributed by atoms with E-state index in [9.17, 15) is 22.8 Å². The van der Waals surface area contributed by atoms with Crippen LogP contribution in [0.5, 0.6) is 5.88 Å². The molecule has 2 fully saturated rings. The second kappa shape index (κ2) is 10.5. The first-order valence-corrected chi connectivity index (χ1v) is 13.8. The number of thiocarbonyl (C=S) groups is 1. The molecule has 3 aliphatic carbocycles. The highest BCUT2D eigenvalue weighted by Gasteiger charge is 2.44. The number of rotatable bonds is 9. The van der Waals surface area contributed by atoms with Gasteiger partial charge in [-0.05, 0) is 62.2 Å². The molecule has 0 saturated heterocycles. The van der Waals surface area contributed by atoms with Gasteiger partial charge in [0, 0.05) is 42.2 Å². The number of amides is 2. The van der Waals surface area contributed by atoms with Gasteiger partial charge in [0.05, 0.1) is 11.5 Å². The van der Waals surface area contributed by atoms with Crippen LogP contribution in [0.1, 0.15) is 46.5 Å². The number of nitrogens with one attached hydrogen (secondary N) is 4. The largest absolute Gasteiger partial charge is 0.488 e. The summed E-state index contributed by atoms with van der Waals surface area (Å²) in [4.78, 5) is 26.7. The first-order valence-electron chi connectivity index (χ1n) is 12.2. The highest BCUT2D eigenvalue weighted by molar-refractivity contribution is 7.80. The van der Waals surface area contributed by atoms with Gasteiger partial charge in [-0.25, -0.2) is 9.07 Å². The molecule has 4 N–H and O–H groups in total. The van der Waals surface area contributed by atoms with Crippen LogP contribution in [0.25, 0.3) is 0 Å².